The van der Waals surface area contributed by atoms with Gasteiger partial charge in [-0.05, 0) is 49.7 Å². The standard InChI is InChI=1S/C23H21N5O2.C5H8.C2H6.CH2O/c24-10-17-3-1-16(2-4-17)7-8-25-13-21-14-27-22-9-19(12-28-23(22)30-21)18-5-6-20(15-29)26-11-18;1-3-5-4-2;2*1-2/h1-6,9,11-12,15,21,25,27H,7-8,13-14H2;3-5H,1H2,2H3;1-2H3;1H2/b;5-4-;;. The van der Waals surface area contributed by atoms with Crippen LogP contribution in [0, 0.1) is 11.3 Å². The maximum atomic E-state index is 10.7. The van der Waals surface area contributed by atoms with Gasteiger partial charge in [0.1, 0.15) is 18.6 Å². The van der Waals surface area contributed by atoms with E-state index in [0.717, 1.165) is 36.1 Å². The number of nitrogens with one attached hydrogen (secondary N) is 2. The molecule has 1 unspecified atom stereocenters. The molecule has 2 aromatic heterocycles. The normalized spacial score (nSPS) is 12.7. The summed E-state index contributed by atoms with van der Waals surface area (Å²) < 4.78 is 6.01. The van der Waals surface area contributed by atoms with Gasteiger partial charge in [-0.25, -0.2) is 4.98 Å². The van der Waals surface area contributed by atoms with Gasteiger partial charge < -0.3 is 20.2 Å². The number of allylic oxidation sites excluding steroid dienone is 3. The Kier molecular flexibility index (Phi) is 16.2. The van der Waals surface area contributed by atoms with Crippen LogP contribution in [0.15, 0.2) is 79.7 Å². The predicted octanol–water partition coefficient (Wildman–Crippen LogP) is 5.42. The lowest BCUT2D eigenvalue weighted by molar-refractivity contribution is -0.0980. The molecule has 1 aliphatic rings. The molecule has 39 heavy (non-hydrogen) atoms. The Morgan fingerprint density at radius 3 is 2.41 bits per heavy atom. The van der Waals surface area contributed by atoms with Crippen molar-refractivity contribution in [3.05, 3.63) is 96.5 Å². The summed E-state index contributed by atoms with van der Waals surface area (Å²) in [5.41, 5.74) is 4.93. The van der Waals surface area contributed by atoms with E-state index >= 15 is 0 Å². The zero-order chi connectivity index (χ0) is 28.9. The van der Waals surface area contributed by atoms with E-state index in [1.165, 1.54) is 5.56 Å². The third-order valence-corrected chi connectivity index (χ3v) is 5.26. The zero-order valence-corrected chi connectivity index (χ0v) is 22.9. The highest BCUT2D eigenvalue weighted by atomic mass is 16.5. The number of nitriles is 1. The molecule has 3 aromatic rings. The van der Waals surface area contributed by atoms with E-state index in [1.807, 2.05) is 76.1 Å². The fourth-order valence-corrected chi connectivity index (χ4v) is 3.39. The first kappa shape index (κ1) is 32.4. The molecule has 0 saturated carbocycles. The Balaban J connectivity index is 0.000000748. The van der Waals surface area contributed by atoms with Crippen molar-refractivity contribution in [2.24, 2.45) is 0 Å². The van der Waals surface area contributed by atoms with E-state index in [0.29, 0.717) is 30.2 Å². The maximum absolute atomic E-state index is 10.7. The van der Waals surface area contributed by atoms with Crippen LogP contribution >= 0.6 is 0 Å². The molecule has 0 spiro atoms. The van der Waals surface area contributed by atoms with Crippen molar-refractivity contribution in [2.75, 3.05) is 25.0 Å². The Bertz CT molecular complexity index is 1200. The smallest absolute Gasteiger partial charge is 0.237 e. The molecular formula is C31H37N5O3. The fraction of sp³-hybridized carbons (Fsp3) is 0.258. The van der Waals surface area contributed by atoms with Crippen LogP contribution in [0.1, 0.15) is 42.4 Å². The van der Waals surface area contributed by atoms with Crippen molar-refractivity contribution in [3.63, 3.8) is 0 Å². The molecule has 8 heteroatoms. The van der Waals surface area contributed by atoms with Gasteiger partial charge in [-0.15, -0.1) is 0 Å². The first-order chi connectivity index (χ1) is 19.2. The summed E-state index contributed by atoms with van der Waals surface area (Å²) in [6.07, 6.45) is 10.6. The van der Waals surface area contributed by atoms with Crippen LogP contribution in [0.2, 0.25) is 0 Å². The van der Waals surface area contributed by atoms with Crippen LogP contribution in [0.5, 0.6) is 5.88 Å². The molecule has 1 aliphatic heterocycles. The van der Waals surface area contributed by atoms with Gasteiger partial charge in [0, 0.05) is 30.1 Å². The molecule has 0 bridgehead atoms. The molecule has 0 fully saturated rings. The molecule has 0 amide bonds. The molecule has 4 rings (SSSR count). The molecule has 1 atom stereocenters. The number of ether oxygens (including phenoxy) is 1. The van der Waals surface area contributed by atoms with Gasteiger partial charge in [0.2, 0.25) is 5.88 Å². The Morgan fingerprint density at radius 1 is 1.13 bits per heavy atom. The van der Waals surface area contributed by atoms with Crippen molar-refractivity contribution in [2.45, 2.75) is 33.3 Å². The lowest BCUT2D eigenvalue weighted by Crippen LogP contribution is -2.40. The molecular weight excluding hydrogens is 490 g/mol. The number of aldehydes is 1. The third kappa shape index (κ3) is 11.1. The molecule has 3 heterocycles. The predicted molar refractivity (Wildman–Crippen MR) is 157 cm³/mol. The van der Waals surface area contributed by atoms with Crippen molar-refractivity contribution in [3.8, 4) is 23.1 Å². The summed E-state index contributed by atoms with van der Waals surface area (Å²) in [7, 11) is 0. The van der Waals surface area contributed by atoms with Crippen LogP contribution in [-0.4, -0.2) is 48.8 Å². The number of aromatic nitrogens is 2. The quantitative estimate of drug-likeness (QED) is 0.226. The average Bonchev–Trinajstić information content (AvgIpc) is 3.02. The Hall–Kier alpha value is -4.61. The van der Waals surface area contributed by atoms with E-state index in [4.69, 9.17) is 14.8 Å². The van der Waals surface area contributed by atoms with Crippen molar-refractivity contribution in [1.82, 2.24) is 15.3 Å². The largest absolute Gasteiger partial charge is 0.470 e. The SMILES string of the molecule is C=C/C=C\C.C=O.CC.N#Cc1ccc(CCNCC2CNc3cc(-c4ccc(C=O)nc4)cnc3O2)cc1. The summed E-state index contributed by atoms with van der Waals surface area (Å²) >= 11 is 0. The zero-order valence-electron chi connectivity index (χ0n) is 22.9. The summed E-state index contributed by atoms with van der Waals surface area (Å²) in [6.45, 7) is 13.6. The summed E-state index contributed by atoms with van der Waals surface area (Å²) in [5.74, 6) is 0.585. The van der Waals surface area contributed by atoms with E-state index < -0.39 is 0 Å². The second-order valence-electron chi connectivity index (χ2n) is 7.81. The van der Waals surface area contributed by atoms with Crippen LogP contribution in [0.4, 0.5) is 5.69 Å². The highest BCUT2D eigenvalue weighted by Crippen LogP contribution is 2.31. The summed E-state index contributed by atoms with van der Waals surface area (Å²) in [6, 6.07) is 15.3. The number of rotatable bonds is 8. The Morgan fingerprint density at radius 2 is 1.85 bits per heavy atom. The topological polar surface area (TPSA) is 117 Å². The number of anilines is 1. The molecule has 0 radical (unpaired) electrons. The van der Waals surface area contributed by atoms with Gasteiger partial charge in [0.05, 0.1) is 23.9 Å². The molecule has 0 saturated heterocycles. The lowest BCUT2D eigenvalue weighted by Gasteiger charge is -2.27. The van der Waals surface area contributed by atoms with Gasteiger partial charge >= 0.3 is 0 Å². The number of fused-ring (bicyclic) bond motifs is 1. The molecule has 2 N–H and O–H groups in total. The number of pyridine rings is 2. The third-order valence-electron chi connectivity index (χ3n) is 5.26. The second kappa shape index (κ2) is 19.5. The van der Waals surface area contributed by atoms with Crippen LogP contribution < -0.4 is 15.4 Å². The molecule has 1 aromatic carbocycles. The minimum Gasteiger partial charge on any atom is -0.470 e. The first-order valence-electron chi connectivity index (χ1n) is 12.7. The minimum absolute atomic E-state index is 0.00893. The van der Waals surface area contributed by atoms with Gasteiger partial charge in [0.25, 0.3) is 0 Å². The van der Waals surface area contributed by atoms with Crippen molar-refractivity contribution >= 4 is 18.8 Å². The molecule has 0 aliphatic carbocycles. The average molecular weight is 528 g/mol. The van der Waals surface area contributed by atoms with E-state index in [9.17, 15) is 4.79 Å². The van der Waals surface area contributed by atoms with Gasteiger partial charge in [-0.2, -0.15) is 5.26 Å². The number of hydrogen-bond donors (Lipinski definition) is 2. The van der Waals surface area contributed by atoms with Crippen molar-refractivity contribution in [1.29, 1.82) is 5.26 Å². The van der Waals surface area contributed by atoms with Crippen LogP contribution in [-0.2, 0) is 11.2 Å². The minimum atomic E-state index is -0.00893. The molecule has 8 nitrogen and oxygen atoms in total. The Labute approximate surface area is 231 Å². The maximum Gasteiger partial charge on any atom is 0.237 e. The highest BCUT2D eigenvalue weighted by molar-refractivity contribution is 5.74. The summed E-state index contributed by atoms with van der Waals surface area (Å²) in [4.78, 5) is 27.3. The lowest BCUT2D eigenvalue weighted by atomic mass is 10.1. The molecule has 204 valence electrons. The van der Waals surface area contributed by atoms with Crippen LogP contribution in [0.3, 0.4) is 0 Å². The monoisotopic (exact) mass is 527 g/mol. The van der Waals surface area contributed by atoms with Gasteiger partial charge in [0.15, 0.2) is 6.29 Å². The highest BCUT2D eigenvalue weighted by Gasteiger charge is 2.20. The van der Waals surface area contributed by atoms with Gasteiger partial charge in [-0.3, -0.25) is 9.78 Å². The number of nitrogens with zero attached hydrogens (tertiary/aromatic N) is 3. The number of carbonyl (C=O) groups excluding carboxylic acids is 2. The van der Waals surface area contributed by atoms with E-state index in [2.05, 4.69) is 33.2 Å². The second-order valence-corrected chi connectivity index (χ2v) is 7.81. The first-order valence-corrected chi connectivity index (χ1v) is 12.7. The number of carbonyl (C=O) groups is 2. The summed E-state index contributed by atoms with van der Waals surface area (Å²) in [5, 5.41) is 15.6. The number of hydrogen-bond acceptors (Lipinski definition) is 8. The van der Waals surface area contributed by atoms with Crippen LogP contribution in [0.25, 0.3) is 11.1 Å². The van der Waals surface area contributed by atoms with E-state index in [-0.39, 0.29) is 6.10 Å². The number of benzene rings is 1. The van der Waals surface area contributed by atoms with Gasteiger partial charge in [-0.1, -0.05) is 56.9 Å². The fourth-order valence-electron chi connectivity index (χ4n) is 3.39. The van der Waals surface area contributed by atoms with Crippen molar-refractivity contribution < 1.29 is 14.3 Å². The van der Waals surface area contributed by atoms with E-state index in [1.54, 1.807) is 24.5 Å².